The van der Waals surface area contributed by atoms with Crippen molar-refractivity contribution in [3.63, 3.8) is 0 Å². The first kappa shape index (κ1) is 16.3. The maximum absolute atomic E-state index is 12.4. The topological polar surface area (TPSA) is 58.6 Å². The molecule has 0 aliphatic carbocycles. The number of nitrogens with zero attached hydrogens (tertiary/aromatic N) is 1. The van der Waals surface area contributed by atoms with Crippen LogP contribution in [0.4, 0.5) is 4.79 Å². The van der Waals surface area contributed by atoms with Gasteiger partial charge < -0.3 is 15.0 Å². The number of rotatable bonds is 3. The van der Waals surface area contributed by atoms with E-state index in [0.29, 0.717) is 6.54 Å². The van der Waals surface area contributed by atoms with E-state index in [-0.39, 0.29) is 18.6 Å². The summed E-state index contributed by atoms with van der Waals surface area (Å²) in [6, 6.07) is 8.17. The number of urea groups is 1. The van der Waals surface area contributed by atoms with Crippen molar-refractivity contribution in [3.05, 3.63) is 35.4 Å². The van der Waals surface area contributed by atoms with Crippen LogP contribution in [0.15, 0.2) is 24.3 Å². The van der Waals surface area contributed by atoms with Crippen LogP contribution in [-0.4, -0.2) is 37.1 Å². The molecule has 1 aromatic carbocycles. The van der Waals surface area contributed by atoms with Crippen LogP contribution in [-0.2, 0) is 9.53 Å². The van der Waals surface area contributed by atoms with Gasteiger partial charge in [0.2, 0.25) is 0 Å². The van der Waals surface area contributed by atoms with E-state index in [9.17, 15) is 9.59 Å². The van der Waals surface area contributed by atoms with Gasteiger partial charge in [0.25, 0.3) is 0 Å². The number of methoxy groups -OCH3 is 1. The molecule has 5 nitrogen and oxygen atoms in total. The summed E-state index contributed by atoms with van der Waals surface area (Å²) in [5.74, 6) is -0.435. The SMILES string of the molecule is COC(=O)CNC(=O)N1CCCCCC1c1cccc(C)c1. The van der Waals surface area contributed by atoms with Gasteiger partial charge in [-0.15, -0.1) is 0 Å². The van der Waals surface area contributed by atoms with Gasteiger partial charge in [-0.05, 0) is 25.3 Å². The molecule has 1 N–H and O–H groups in total. The molecule has 0 radical (unpaired) electrons. The number of amides is 2. The van der Waals surface area contributed by atoms with E-state index >= 15 is 0 Å². The smallest absolute Gasteiger partial charge is 0.325 e. The Balaban J connectivity index is 2.13. The molecule has 1 unspecified atom stereocenters. The van der Waals surface area contributed by atoms with Gasteiger partial charge in [0, 0.05) is 6.54 Å². The van der Waals surface area contributed by atoms with Crippen molar-refractivity contribution in [1.82, 2.24) is 10.2 Å². The minimum absolute atomic E-state index is 0.0695. The van der Waals surface area contributed by atoms with Crippen molar-refractivity contribution in [1.29, 1.82) is 0 Å². The summed E-state index contributed by atoms with van der Waals surface area (Å²) in [7, 11) is 1.32. The number of likely N-dealkylation sites (tertiary alicyclic amines) is 1. The molecule has 0 saturated carbocycles. The fraction of sp³-hybridized carbons (Fsp3) is 0.529. The van der Waals surface area contributed by atoms with Crippen molar-refractivity contribution in [2.75, 3.05) is 20.2 Å². The largest absolute Gasteiger partial charge is 0.468 e. The molecule has 0 aromatic heterocycles. The summed E-state index contributed by atoms with van der Waals surface area (Å²) in [5, 5.41) is 2.66. The van der Waals surface area contributed by atoms with Crippen LogP contribution in [0.25, 0.3) is 0 Å². The minimum atomic E-state index is -0.435. The molecule has 0 bridgehead atoms. The molecule has 1 atom stereocenters. The molecule has 1 aromatic rings. The molecule has 1 heterocycles. The molecule has 1 saturated heterocycles. The second-order valence-corrected chi connectivity index (χ2v) is 5.71. The predicted octanol–water partition coefficient (Wildman–Crippen LogP) is 2.79. The van der Waals surface area contributed by atoms with Crippen molar-refractivity contribution in [2.45, 2.75) is 38.6 Å². The van der Waals surface area contributed by atoms with E-state index in [1.165, 1.54) is 12.7 Å². The summed E-state index contributed by atoms with van der Waals surface area (Å²) in [4.78, 5) is 25.5. The average molecular weight is 304 g/mol. The summed E-state index contributed by atoms with van der Waals surface area (Å²) >= 11 is 0. The zero-order chi connectivity index (χ0) is 15.9. The predicted molar refractivity (Wildman–Crippen MR) is 84.5 cm³/mol. The van der Waals surface area contributed by atoms with Gasteiger partial charge in [-0.1, -0.05) is 42.7 Å². The third kappa shape index (κ3) is 4.23. The van der Waals surface area contributed by atoms with Crippen molar-refractivity contribution < 1.29 is 14.3 Å². The first-order chi connectivity index (χ1) is 10.6. The zero-order valence-electron chi connectivity index (χ0n) is 13.3. The van der Waals surface area contributed by atoms with Gasteiger partial charge in [-0.3, -0.25) is 4.79 Å². The number of aryl methyl sites for hydroxylation is 1. The van der Waals surface area contributed by atoms with E-state index in [4.69, 9.17) is 0 Å². The highest BCUT2D eigenvalue weighted by Crippen LogP contribution is 2.30. The van der Waals surface area contributed by atoms with Gasteiger partial charge in [0.05, 0.1) is 13.2 Å². The van der Waals surface area contributed by atoms with Crippen molar-refractivity contribution in [3.8, 4) is 0 Å². The fourth-order valence-electron chi connectivity index (χ4n) is 2.90. The number of hydrogen-bond acceptors (Lipinski definition) is 3. The Bertz CT molecular complexity index is 530. The van der Waals surface area contributed by atoms with Crippen LogP contribution in [0.1, 0.15) is 42.9 Å². The van der Waals surface area contributed by atoms with E-state index in [2.05, 4.69) is 35.2 Å². The lowest BCUT2D eigenvalue weighted by Gasteiger charge is -2.30. The lowest BCUT2D eigenvalue weighted by molar-refractivity contribution is -0.139. The molecule has 120 valence electrons. The molecule has 1 aliphatic heterocycles. The molecule has 0 spiro atoms. The van der Waals surface area contributed by atoms with Crippen LogP contribution >= 0.6 is 0 Å². The molecule has 1 aliphatic rings. The number of carbonyl (C=O) groups is 2. The summed E-state index contributed by atoms with van der Waals surface area (Å²) in [5.41, 5.74) is 2.35. The average Bonchev–Trinajstić information content (AvgIpc) is 2.78. The summed E-state index contributed by atoms with van der Waals surface area (Å²) in [6.07, 6.45) is 4.19. The van der Waals surface area contributed by atoms with Crippen LogP contribution in [0.3, 0.4) is 0 Å². The van der Waals surface area contributed by atoms with Crippen molar-refractivity contribution in [2.24, 2.45) is 0 Å². The molecule has 22 heavy (non-hydrogen) atoms. The Hall–Kier alpha value is -2.04. The highest BCUT2D eigenvalue weighted by atomic mass is 16.5. The molecule has 2 rings (SSSR count). The highest BCUT2D eigenvalue weighted by Gasteiger charge is 2.27. The summed E-state index contributed by atoms with van der Waals surface area (Å²) < 4.78 is 4.57. The van der Waals surface area contributed by atoms with Gasteiger partial charge in [0.1, 0.15) is 6.54 Å². The second kappa shape index (κ2) is 7.82. The summed E-state index contributed by atoms with van der Waals surface area (Å²) in [6.45, 7) is 2.68. The number of hydrogen-bond donors (Lipinski definition) is 1. The van der Waals surface area contributed by atoms with Crippen LogP contribution in [0.5, 0.6) is 0 Å². The first-order valence-corrected chi connectivity index (χ1v) is 7.79. The van der Waals surface area contributed by atoms with Crippen LogP contribution < -0.4 is 5.32 Å². The number of ether oxygens (including phenoxy) is 1. The highest BCUT2D eigenvalue weighted by molar-refractivity contribution is 5.81. The van der Waals surface area contributed by atoms with Crippen molar-refractivity contribution >= 4 is 12.0 Å². The zero-order valence-corrected chi connectivity index (χ0v) is 13.3. The third-order valence-electron chi connectivity index (χ3n) is 4.05. The maximum Gasteiger partial charge on any atom is 0.325 e. The second-order valence-electron chi connectivity index (χ2n) is 5.71. The van der Waals surface area contributed by atoms with Crippen LogP contribution in [0, 0.1) is 6.92 Å². The van der Waals surface area contributed by atoms with Gasteiger partial charge in [-0.25, -0.2) is 4.79 Å². The standard InChI is InChI=1S/C17H24N2O3/c1-13-7-6-8-14(11-13)15-9-4-3-5-10-19(15)17(21)18-12-16(20)22-2/h6-8,11,15H,3-5,9-10,12H2,1-2H3,(H,18,21). The molecule has 2 amide bonds. The fourth-order valence-corrected chi connectivity index (χ4v) is 2.90. The van der Waals surface area contributed by atoms with E-state index in [0.717, 1.165) is 31.2 Å². The number of benzene rings is 1. The van der Waals surface area contributed by atoms with Crippen LogP contribution in [0.2, 0.25) is 0 Å². The monoisotopic (exact) mass is 304 g/mol. The first-order valence-electron chi connectivity index (χ1n) is 7.79. The normalized spacial score (nSPS) is 18.5. The van der Waals surface area contributed by atoms with Gasteiger partial charge >= 0.3 is 12.0 Å². The lowest BCUT2D eigenvalue weighted by atomic mass is 9.99. The van der Waals surface area contributed by atoms with E-state index in [1.807, 2.05) is 11.0 Å². The maximum atomic E-state index is 12.4. The Morgan fingerprint density at radius 1 is 1.32 bits per heavy atom. The Kier molecular flexibility index (Phi) is 5.81. The molecular weight excluding hydrogens is 280 g/mol. The number of carbonyl (C=O) groups excluding carboxylic acids is 2. The Morgan fingerprint density at radius 3 is 2.86 bits per heavy atom. The molecular formula is C17H24N2O3. The Morgan fingerprint density at radius 2 is 2.14 bits per heavy atom. The molecule has 5 heteroatoms. The molecule has 1 fully saturated rings. The van der Waals surface area contributed by atoms with Gasteiger partial charge in [-0.2, -0.15) is 0 Å². The minimum Gasteiger partial charge on any atom is -0.468 e. The van der Waals surface area contributed by atoms with E-state index in [1.54, 1.807) is 0 Å². The Labute approximate surface area is 131 Å². The lowest BCUT2D eigenvalue weighted by Crippen LogP contribution is -2.44. The quantitative estimate of drug-likeness (QED) is 0.874. The van der Waals surface area contributed by atoms with E-state index < -0.39 is 5.97 Å². The number of esters is 1. The number of nitrogens with one attached hydrogen (secondary N) is 1. The third-order valence-corrected chi connectivity index (χ3v) is 4.05. The van der Waals surface area contributed by atoms with Gasteiger partial charge in [0.15, 0.2) is 0 Å².